The van der Waals surface area contributed by atoms with Crippen molar-refractivity contribution in [3.63, 3.8) is 0 Å². The van der Waals surface area contributed by atoms with Crippen LogP contribution < -0.4 is 0 Å². The van der Waals surface area contributed by atoms with E-state index < -0.39 is 0 Å². The molecule has 64 valence electrons. The Morgan fingerprint density at radius 2 is 1.36 bits per heavy atom. The third kappa shape index (κ3) is 1.87. The Hall–Kier alpha value is 0.217. The summed E-state index contributed by atoms with van der Waals surface area (Å²) in [6.07, 6.45) is 11.1. The summed E-state index contributed by atoms with van der Waals surface area (Å²) in [6.45, 7) is 0. The van der Waals surface area contributed by atoms with Crippen molar-refractivity contribution in [1.29, 1.82) is 0 Å². The zero-order valence-corrected chi connectivity index (χ0v) is 8.67. The van der Waals surface area contributed by atoms with Gasteiger partial charge in [-0.05, 0) is 5.54 Å². The molecule has 2 rings (SSSR count). The summed E-state index contributed by atoms with van der Waals surface area (Å²) in [4.78, 5) is 0. The molecule has 11 heavy (non-hydrogen) atoms. The van der Waals surface area contributed by atoms with Gasteiger partial charge in [0.2, 0.25) is 0 Å². The number of hydrogen-bond donors (Lipinski definition) is 0. The summed E-state index contributed by atoms with van der Waals surface area (Å²) in [6, 6.07) is 3.40. The maximum Gasteiger partial charge on any atom is 0.0399 e. The van der Waals surface area contributed by atoms with E-state index in [9.17, 15) is 0 Å². The molecule has 0 aromatic rings. The van der Waals surface area contributed by atoms with Crippen LogP contribution >= 0.6 is 0 Å². The summed E-state index contributed by atoms with van der Waals surface area (Å²) < 4.78 is 0. The van der Waals surface area contributed by atoms with Crippen LogP contribution in [0.15, 0.2) is 0 Å². The van der Waals surface area contributed by atoms with Crippen LogP contribution in [0.1, 0.15) is 44.9 Å². The molecule has 0 bridgehead atoms. The largest absolute Gasteiger partial charge is 0.0597 e. The minimum Gasteiger partial charge on any atom is -0.0597 e. The second-order valence-corrected chi connectivity index (χ2v) is 8.06. The molecule has 0 amide bonds. The van der Waals surface area contributed by atoms with Crippen molar-refractivity contribution < 1.29 is 0 Å². The molecule has 1 saturated heterocycles. The molecule has 0 atom stereocenters. The van der Waals surface area contributed by atoms with E-state index in [0.29, 0.717) is 0 Å². The van der Waals surface area contributed by atoms with Gasteiger partial charge in [0.15, 0.2) is 0 Å². The third-order valence-corrected chi connectivity index (χ3v) is 8.02. The minimum absolute atomic E-state index is 0.179. The fraction of sp³-hybridized carbons (Fsp3) is 1.00. The van der Waals surface area contributed by atoms with Gasteiger partial charge in [-0.15, -0.1) is 0 Å². The summed E-state index contributed by atoms with van der Waals surface area (Å²) in [5.41, 5.74) is 1.30. The Bertz CT molecular complexity index is 110. The zero-order chi connectivity index (χ0) is 7.52. The van der Waals surface area contributed by atoms with E-state index in [4.69, 9.17) is 0 Å². The van der Waals surface area contributed by atoms with Gasteiger partial charge in [-0.25, -0.2) is 0 Å². The van der Waals surface area contributed by atoms with Crippen molar-refractivity contribution in [2.75, 3.05) is 0 Å². The molecule has 1 heteroatoms. The first kappa shape index (κ1) is 7.84. The second kappa shape index (κ2) is 3.75. The quantitative estimate of drug-likeness (QED) is 0.527. The molecule has 0 unspecified atom stereocenters. The molecule has 2 fully saturated rings. The Morgan fingerprint density at radius 3 is 1.82 bits per heavy atom. The molecule has 1 aliphatic heterocycles. The van der Waals surface area contributed by atoms with E-state index in [1.54, 1.807) is 57.0 Å². The first-order valence-corrected chi connectivity index (χ1v) is 7.77. The van der Waals surface area contributed by atoms with Crippen LogP contribution in [0.3, 0.4) is 0 Å². The van der Waals surface area contributed by atoms with Gasteiger partial charge >= 0.3 is 0 Å². The van der Waals surface area contributed by atoms with Crippen molar-refractivity contribution in [2.45, 2.75) is 62.6 Å². The molecule has 0 radical (unpaired) electrons. The Balaban J connectivity index is 1.80. The third-order valence-electron chi connectivity index (χ3n) is 3.72. The van der Waals surface area contributed by atoms with Crippen LogP contribution in [0.5, 0.6) is 0 Å². The van der Waals surface area contributed by atoms with Crippen LogP contribution in [-0.2, 0) is 0 Å². The standard InChI is InChI=1S/C10H20Si/c1-2-4-9-11(8-3-1)10-6-5-7-10/h10-11H,1-9H2. The highest BCUT2D eigenvalue weighted by atomic mass is 28.3. The van der Waals surface area contributed by atoms with E-state index in [1.165, 1.54) is 5.54 Å². The SMILES string of the molecule is C1CCC[SiH](C2CCC2)CC1. The molecule has 0 nitrogen and oxygen atoms in total. The van der Waals surface area contributed by atoms with Gasteiger partial charge in [-0.2, -0.15) is 0 Å². The van der Waals surface area contributed by atoms with E-state index in [2.05, 4.69) is 0 Å². The smallest absolute Gasteiger partial charge is 0.0399 e. The first-order chi connectivity index (χ1) is 5.47. The van der Waals surface area contributed by atoms with Crippen LogP contribution in [0.2, 0.25) is 17.6 Å². The average Bonchev–Trinajstić information content (AvgIpc) is 2.12. The van der Waals surface area contributed by atoms with E-state index in [1.807, 2.05) is 0 Å². The fourth-order valence-corrected chi connectivity index (χ4v) is 6.97. The Labute approximate surface area is 72.0 Å². The normalized spacial score (nSPS) is 29.5. The summed E-state index contributed by atoms with van der Waals surface area (Å²) >= 11 is 0. The molecular weight excluding hydrogens is 148 g/mol. The molecule has 1 aliphatic carbocycles. The predicted molar refractivity (Wildman–Crippen MR) is 52.8 cm³/mol. The zero-order valence-electron chi connectivity index (χ0n) is 7.52. The van der Waals surface area contributed by atoms with Gasteiger partial charge in [-0.3, -0.25) is 0 Å². The number of rotatable bonds is 1. The molecule has 0 aromatic heterocycles. The van der Waals surface area contributed by atoms with Gasteiger partial charge in [0, 0.05) is 8.80 Å². The predicted octanol–water partition coefficient (Wildman–Crippen LogP) is 3.34. The highest BCUT2D eigenvalue weighted by Crippen LogP contribution is 2.40. The van der Waals surface area contributed by atoms with Gasteiger partial charge in [0.25, 0.3) is 0 Å². The Morgan fingerprint density at radius 1 is 0.727 bits per heavy atom. The van der Waals surface area contributed by atoms with Crippen molar-refractivity contribution in [1.82, 2.24) is 0 Å². The molecule has 1 saturated carbocycles. The van der Waals surface area contributed by atoms with E-state index >= 15 is 0 Å². The van der Waals surface area contributed by atoms with Gasteiger partial charge in [-0.1, -0.05) is 57.0 Å². The Kier molecular flexibility index (Phi) is 2.67. The molecule has 0 N–H and O–H groups in total. The average molecular weight is 168 g/mol. The van der Waals surface area contributed by atoms with Crippen molar-refractivity contribution in [3.05, 3.63) is 0 Å². The summed E-state index contributed by atoms with van der Waals surface area (Å²) in [7, 11) is -0.179. The fourth-order valence-electron chi connectivity index (χ4n) is 2.69. The van der Waals surface area contributed by atoms with Gasteiger partial charge < -0.3 is 0 Å². The van der Waals surface area contributed by atoms with Crippen molar-refractivity contribution in [3.8, 4) is 0 Å². The highest BCUT2D eigenvalue weighted by molar-refractivity contribution is 6.60. The number of hydrogen-bond acceptors (Lipinski definition) is 0. The van der Waals surface area contributed by atoms with Crippen LogP contribution in [0.4, 0.5) is 0 Å². The van der Waals surface area contributed by atoms with Crippen LogP contribution in [0.25, 0.3) is 0 Å². The highest BCUT2D eigenvalue weighted by Gasteiger charge is 2.28. The monoisotopic (exact) mass is 168 g/mol. The van der Waals surface area contributed by atoms with Crippen LogP contribution in [0, 0.1) is 0 Å². The van der Waals surface area contributed by atoms with Gasteiger partial charge in [0.05, 0.1) is 0 Å². The second-order valence-electron chi connectivity index (χ2n) is 4.44. The maximum atomic E-state index is 1.70. The van der Waals surface area contributed by atoms with Gasteiger partial charge in [0.1, 0.15) is 0 Å². The minimum atomic E-state index is -0.179. The van der Waals surface area contributed by atoms with Crippen molar-refractivity contribution in [2.24, 2.45) is 0 Å². The lowest BCUT2D eigenvalue weighted by molar-refractivity contribution is 0.489. The summed E-state index contributed by atoms with van der Waals surface area (Å²) in [5, 5.41) is 0. The van der Waals surface area contributed by atoms with E-state index in [-0.39, 0.29) is 8.80 Å². The lowest BCUT2D eigenvalue weighted by atomic mass is 10.00. The maximum absolute atomic E-state index is 1.70. The van der Waals surface area contributed by atoms with Crippen molar-refractivity contribution >= 4 is 8.80 Å². The van der Waals surface area contributed by atoms with E-state index in [0.717, 1.165) is 0 Å². The molecule has 1 heterocycles. The lowest BCUT2D eigenvalue weighted by Crippen LogP contribution is -2.24. The lowest BCUT2D eigenvalue weighted by Gasteiger charge is -2.32. The molecule has 0 aromatic carbocycles. The van der Waals surface area contributed by atoms with Crippen LogP contribution in [-0.4, -0.2) is 8.80 Å². The molecule has 0 spiro atoms. The first-order valence-electron chi connectivity index (χ1n) is 5.47. The molecule has 2 aliphatic rings. The summed E-state index contributed by atoms with van der Waals surface area (Å²) in [5.74, 6) is 0. The topological polar surface area (TPSA) is 0 Å². The molecular formula is C10H20Si.